The standard InChI is InChI=1S/C11H20N2O4S/c1-7(14)12-8(11(5,6)18-13-16)9(15)17-10(2,3)4/h8H,1-6H3,(H,12,14)/t8-/m0/s1. The van der Waals surface area contributed by atoms with Gasteiger partial charge in [-0.25, -0.2) is 4.79 Å². The number of hydrogen-bond donors (Lipinski definition) is 1. The van der Waals surface area contributed by atoms with Gasteiger partial charge in [0.05, 0.1) is 4.75 Å². The summed E-state index contributed by atoms with van der Waals surface area (Å²) in [6.07, 6.45) is 0. The molecule has 0 aromatic heterocycles. The molecule has 104 valence electrons. The summed E-state index contributed by atoms with van der Waals surface area (Å²) >= 11 is 0.692. The van der Waals surface area contributed by atoms with E-state index in [1.807, 2.05) is 0 Å². The Balaban J connectivity index is 5.04. The summed E-state index contributed by atoms with van der Waals surface area (Å²) in [5.41, 5.74) is -0.664. The number of rotatable bonds is 5. The highest BCUT2D eigenvalue weighted by Crippen LogP contribution is 2.30. The molecule has 0 aromatic rings. The summed E-state index contributed by atoms with van der Waals surface area (Å²) in [5.74, 6) is -0.954. The van der Waals surface area contributed by atoms with Crippen LogP contribution < -0.4 is 5.32 Å². The second-order valence-corrected chi connectivity index (χ2v) is 6.82. The number of nitrogens with zero attached hydrogens (tertiary/aromatic N) is 1. The number of hydrogen-bond acceptors (Lipinski definition) is 6. The van der Waals surface area contributed by atoms with Gasteiger partial charge < -0.3 is 10.1 Å². The predicted octanol–water partition coefficient (Wildman–Crippen LogP) is 2.03. The summed E-state index contributed by atoms with van der Waals surface area (Å²) in [6, 6.07) is -0.933. The van der Waals surface area contributed by atoms with Crippen LogP contribution in [0.4, 0.5) is 0 Å². The smallest absolute Gasteiger partial charge is 0.330 e. The van der Waals surface area contributed by atoms with Crippen LogP contribution in [0.2, 0.25) is 0 Å². The summed E-state index contributed by atoms with van der Waals surface area (Å²) in [6.45, 7) is 9.77. The van der Waals surface area contributed by atoms with Crippen LogP contribution in [0.5, 0.6) is 0 Å². The van der Waals surface area contributed by atoms with E-state index >= 15 is 0 Å². The molecule has 0 heterocycles. The lowest BCUT2D eigenvalue weighted by molar-refractivity contribution is -0.159. The molecular formula is C11H20N2O4S. The van der Waals surface area contributed by atoms with Crippen molar-refractivity contribution in [1.82, 2.24) is 5.32 Å². The largest absolute Gasteiger partial charge is 0.458 e. The van der Waals surface area contributed by atoms with E-state index in [1.165, 1.54) is 6.92 Å². The van der Waals surface area contributed by atoms with E-state index in [0.29, 0.717) is 11.9 Å². The Hall–Kier alpha value is -1.11. The van der Waals surface area contributed by atoms with Gasteiger partial charge in [0, 0.05) is 23.5 Å². The SMILES string of the molecule is CC(=O)N[C@@H](C(=O)OC(C)(C)C)C(C)(C)SN=O. The zero-order chi connectivity index (χ0) is 14.6. The molecule has 6 nitrogen and oxygen atoms in total. The fourth-order valence-electron chi connectivity index (χ4n) is 1.23. The fraction of sp³-hybridized carbons (Fsp3) is 0.818. The molecule has 0 unspecified atom stereocenters. The third-order valence-electron chi connectivity index (χ3n) is 1.96. The number of esters is 1. The first-order valence-electron chi connectivity index (χ1n) is 5.50. The zero-order valence-corrected chi connectivity index (χ0v) is 12.4. The Morgan fingerprint density at radius 3 is 2.06 bits per heavy atom. The van der Waals surface area contributed by atoms with Crippen molar-refractivity contribution in [2.45, 2.75) is 57.9 Å². The maximum Gasteiger partial charge on any atom is 0.330 e. The van der Waals surface area contributed by atoms with Crippen molar-refractivity contribution in [2.75, 3.05) is 0 Å². The third kappa shape index (κ3) is 6.00. The molecule has 0 radical (unpaired) electrons. The van der Waals surface area contributed by atoms with Gasteiger partial charge >= 0.3 is 5.97 Å². The van der Waals surface area contributed by atoms with E-state index in [9.17, 15) is 14.5 Å². The van der Waals surface area contributed by atoms with Crippen LogP contribution in [-0.4, -0.2) is 28.3 Å². The van der Waals surface area contributed by atoms with E-state index in [0.717, 1.165) is 0 Å². The number of nitroso groups, excluding NO2 is 1. The minimum Gasteiger partial charge on any atom is -0.458 e. The molecule has 0 spiro atoms. The van der Waals surface area contributed by atoms with Gasteiger partial charge in [-0.1, -0.05) is 0 Å². The average molecular weight is 276 g/mol. The van der Waals surface area contributed by atoms with Gasteiger partial charge in [-0.2, -0.15) is 0 Å². The first-order chi connectivity index (χ1) is 7.99. The van der Waals surface area contributed by atoms with Crippen LogP contribution in [0.15, 0.2) is 4.58 Å². The average Bonchev–Trinajstić information content (AvgIpc) is 2.10. The van der Waals surface area contributed by atoms with Crippen molar-refractivity contribution in [1.29, 1.82) is 0 Å². The molecule has 0 saturated heterocycles. The summed E-state index contributed by atoms with van der Waals surface area (Å²) < 4.78 is 7.07. The van der Waals surface area contributed by atoms with Gasteiger partial charge in [-0.15, -0.1) is 4.91 Å². The first-order valence-corrected chi connectivity index (χ1v) is 6.28. The number of ether oxygens (including phenoxy) is 1. The van der Waals surface area contributed by atoms with Crippen LogP contribution in [0, 0.1) is 4.91 Å². The normalized spacial score (nSPS) is 13.7. The second-order valence-electron chi connectivity index (χ2n) is 5.44. The number of carbonyl (C=O) groups is 2. The number of carbonyl (C=O) groups excluding carboxylic acids is 2. The molecule has 0 aliphatic rings. The van der Waals surface area contributed by atoms with Crippen LogP contribution in [0.3, 0.4) is 0 Å². The lowest BCUT2D eigenvalue weighted by atomic mass is 10.0. The molecule has 0 bridgehead atoms. The molecule has 18 heavy (non-hydrogen) atoms. The zero-order valence-electron chi connectivity index (χ0n) is 11.6. The Morgan fingerprint density at radius 1 is 1.22 bits per heavy atom. The van der Waals surface area contributed by atoms with Gasteiger partial charge in [-0.05, 0) is 34.6 Å². The van der Waals surface area contributed by atoms with Gasteiger partial charge in [0.15, 0.2) is 0 Å². The van der Waals surface area contributed by atoms with Crippen LogP contribution in [0.1, 0.15) is 41.5 Å². The molecule has 0 rings (SSSR count). The van der Waals surface area contributed by atoms with E-state index in [-0.39, 0.29) is 5.91 Å². The minimum absolute atomic E-state index is 0.370. The minimum atomic E-state index is -0.933. The lowest BCUT2D eigenvalue weighted by Crippen LogP contribution is -2.53. The molecular weight excluding hydrogens is 256 g/mol. The van der Waals surface area contributed by atoms with Crippen molar-refractivity contribution in [2.24, 2.45) is 4.58 Å². The molecule has 1 N–H and O–H groups in total. The molecule has 1 amide bonds. The van der Waals surface area contributed by atoms with Crippen molar-refractivity contribution in [3.63, 3.8) is 0 Å². The summed E-state index contributed by atoms with van der Waals surface area (Å²) in [5, 5.41) is 2.49. The van der Waals surface area contributed by atoms with E-state index in [4.69, 9.17) is 4.74 Å². The van der Waals surface area contributed by atoms with E-state index < -0.39 is 22.4 Å². The summed E-state index contributed by atoms with van der Waals surface area (Å²) in [4.78, 5) is 33.5. The van der Waals surface area contributed by atoms with Crippen molar-refractivity contribution < 1.29 is 14.3 Å². The molecule has 0 aliphatic heterocycles. The summed E-state index contributed by atoms with van der Waals surface area (Å²) in [7, 11) is 0. The van der Waals surface area contributed by atoms with Crippen molar-refractivity contribution in [3.8, 4) is 0 Å². The lowest BCUT2D eigenvalue weighted by Gasteiger charge is -2.32. The van der Waals surface area contributed by atoms with E-state index in [2.05, 4.69) is 9.90 Å². The second kappa shape index (κ2) is 6.17. The molecule has 7 heteroatoms. The Labute approximate surface area is 111 Å². The van der Waals surface area contributed by atoms with Gasteiger partial charge in [0.2, 0.25) is 5.91 Å². The topological polar surface area (TPSA) is 84.8 Å². The predicted molar refractivity (Wildman–Crippen MR) is 70.9 cm³/mol. The van der Waals surface area contributed by atoms with Gasteiger partial charge in [0.1, 0.15) is 11.6 Å². The van der Waals surface area contributed by atoms with E-state index in [1.54, 1.807) is 34.6 Å². The maximum absolute atomic E-state index is 12.0. The highest BCUT2D eigenvalue weighted by Gasteiger charge is 2.40. The molecule has 1 atom stereocenters. The monoisotopic (exact) mass is 276 g/mol. The Morgan fingerprint density at radius 2 is 1.72 bits per heavy atom. The van der Waals surface area contributed by atoms with Crippen molar-refractivity contribution >= 4 is 23.8 Å². The molecule has 0 aromatic carbocycles. The van der Waals surface area contributed by atoms with Gasteiger partial charge in [-0.3, -0.25) is 4.79 Å². The van der Waals surface area contributed by atoms with Crippen LogP contribution in [0.25, 0.3) is 0 Å². The molecule has 0 saturated carbocycles. The first kappa shape index (κ1) is 16.9. The van der Waals surface area contributed by atoms with Crippen molar-refractivity contribution in [3.05, 3.63) is 4.91 Å². The Bertz CT molecular complexity index is 336. The van der Waals surface area contributed by atoms with Crippen LogP contribution in [-0.2, 0) is 14.3 Å². The fourth-order valence-corrected chi connectivity index (χ4v) is 1.68. The van der Waals surface area contributed by atoms with Gasteiger partial charge in [0.25, 0.3) is 0 Å². The highest BCUT2D eigenvalue weighted by atomic mass is 32.2. The Kier molecular flexibility index (Phi) is 5.79. The van der Waals surface area contributed by atoms with Crippen LogP contribution >= 0.6 is 11.9 Å². The third-order valence-corrected chi connectivity index (χ3v) is 2.74. The quantitative estimate of drug-likeness (QED) is 0.472. The highest BCUT2D eigenvalue weighted by molar-refractivity contribution is 7.99. The number of nitrogens with one attached hydrogen (secondary N) is 1. The number of amides is 1. The molecule has 0 fully saturated rings. The maximum atomic E-state index is 12.0. The molecule has 0 aliphatic carbocycles.